The molecule has 0 aliphatic carbocycles. The number of fused-ring (bicyclic) bond motifs is 1. The van der Waals surface area contributed by atoms with Crippen molar-refractivity contribution >= 4 is 28.9 Å². The number of aromatic amines is 1. The number of imidazole rings is 1. The standard InChI is InChI=1S/C21H16N4O4/c26-19(25-21-23-15-9-4-8-14(20(27)28)17(15)24-21)18-16(10-5-11-22-18)29-12-13-6-2-1-3-7-13/h1-11H,12H2,(H,27,28)(H2,23,24,25,26). The molecule has 0 bridgehead atoms. The van der Waals surface area contributed by atoms with Crippen LogP contribution in [0.5, 0.6) is 5.75 Å². The Balaban J connectivity index is 1.55. The van der Waals surface area contributed by atoms with Gasteiger partial charge >= 0.3 is 5.97 Å². The molecular formula is C21H16N4O4. The molecule has 2 aromatic heterocycles. The van der Waals surface area contributed by atoms with Gasteiger partial charge in [0.05, 0.1) is 11.1 Å². The first kappa shape index (κ1) is 18.2. The van der Waals surface area contributed by atoms with E-state index in [9.17, 15) is 14.7 Å². The number of carboxylic acid groups (broad SMARTS) is 1. The highest BCUT2D eigenvalue weighted by Gasteiger charge is 2.18. The van der Waals surface area contributed by atoms with E-state index in [0.717, 1.165) is 5.56 Å². The first-order chi connectivity index (χ1) is 14.1. The molecule has 3 N–H and O–H groups in total. The molecule has 144 valence electrons. The predicted octanol–water partition coefficient (Wildman–Crippen LogP) is 3.49. The molecule has 0 spiro atoms. The first-order valence-corrected chi connectivity index (χ1v) is 8.77. The fraction of sp³-hybridized carbons (Fsp3) is 0.0476. The van der Waals surface area contributed by atoms with E-state index < -0.39 is 11.9 Å². The van der Waals surface area contributed by atoms with Gasteiger partial charge in [0, 0.05) is 6.20 Å². The number of amides is 1. The highest BCUT2D eigenvalue weighted by molar-refractivity contribution is 6.06. The van der Waals surface area contributed by atoms with Gasteiger partial charge < -0.3 is 14.8 Å². The fourth-order valence-corrected chi connectivity index (χ4v) is 2.84. The summed E-state index contributed by atoms with van der Waals surface area (Å²) in [6.07, 6.45) is 1.49. The smallest absolute Gasteiger partial charge is 0.337 e. The highest BCUT2D eigenvalue weighted by atomic mass is 16.5. The number of nitrogens with one attached hydrogen (secondary N) is 2. The Hall–Kier alpha value is -4.20. The summed E-state index contributed by atoms with van der Waals surface area (Å²) in [6.45, 7) is 0.291. The van der Waals surface area contributed by atoms with Crippen LogP contribution in [0.25, 0.3) is 11.0 Å². The number of pyridine rings is 1. The number of rotatable bonds is 6. The summed E-state index contributed by atoms with van der Waals surface area (Å²) in [5.41, 5.74) is 1.87. The molecule has 4 rings (SSSR count). The number of benzene rings is 2. The van der Waals surface area contributed by atoms with Crippen molar-refractivity contribution in [2.45, 2.75) is 6.61 Å². The van der Waals surface area contributed by atoms with E-state index in [4.69, 9.17) is 4.74 Å². The second kappa shape index (κ2) is 7.81. The molecule has 4 aromatic rings. The normalized spacial score (nSPS) is 10.6. The van der Waals surface area contributed by atoms with Gasteiger partial charge in [0.25, 0.3) is 5.91 Å². The van der Waals surface area contributed by atoms with Crippen molar-refractivity contribution in [3.8, 4) is 5.75 Å². The largest absolute Gasteiger partial charge is 0.486 e. The summed E-state index contributed by atoms with van der Waals surface area (Å²) in [4.78, 5) is 35.2. The number of hydrogen-bond donors (Lipinski definition) is 3. The monoisotopic (exact) mass is 388 g/mol. The maximum Gasteiger partial charge on any atom is 0.337 e. The quantitative estimate of drug-likeness (QED) is 0.465. The molecule has 0 aliphatic heterocycles. The van der Waals surface area contributed by atoms with Gasteiger partial charge in [0.15, 0.2) is 11.4 Å². The van der Waals surface area contributed by atoms with Crippen molar-refractivity contribution in [2.24, 2.45) is 0 Å². The predicted molar refractivity (Wildman–Crippen MR) is 106 cm³/mol. The average Bonchev–Trinajstić information content (AvgIpc) is 3.15. The third-order valence-electron chi connectivity index (χ3n) is 4.20. The van der Waals surface area contributed by atoms with Gasteiger partial charge in [0.2, 0.25) is 5.95 Å². The van der Waals surface area contributed by atoms with E-state index in [1.54, 1.807) is 24.3 Å². The van der Waals surface area contributed by atoms with E-state index >= 15 is 0 Å². The van der Waals surface area contributed by atoms with Gasteiger partial charge in [-0.1, -0.05) is 36.4 Å². The topological polar surface area (TPSA) is 117 Å². The molecule has 8 heteroatoms. The zero-order chi connectivity index (χ0) is 20.2. The molecule has 0 unspecified atom stereocenters. The van der Waals surface area contributed by atoms with Crippen molar-refractivity contribution in [3.63, 3.8) is 0 Å². The summed E-state index contributed by atoms with van der Waals surface area (Å²) in [5.74, 6) is -1.17. The Labute approximate surface area is 165 Å². The number of H-pyrrole nitrogens is 1. The maximum atomic E-state index is 12.7. The SMILES string of the molecule is O=C(Nc1nc2c(C(=O)O)cccc2[nH]1)c1ncccc1OCc1ccccc1. The zero-order valence-corrected chi connectivity index (χ0v) is 15.1. The number of carboxylic acids is 1. The number of aromatic carboxylic acids is 1. The molecule has 1 amide bonds. The Morgan fingerprint density at radius 3 is 2.66 bits per heavy atom. The van der Waals surface area contributed by atoms with Gasteiger partial charge in [-0.25, -0.2) is 14.8 Å². The second-order valence-corrected chi connectivity index (χ2v) is 6.17. The number of ether oxygens (including phenoxy) is 1. The van der Waals surface area contributed by atoms with Crippen molar-refractivity contribution in [2.75, 3.05) is 5.32 Å². The third-order valence-corrected chi connectivity index (χ3v) is 4.20. The van der Waals surface area contributed by atoms with Crippen LogP contribution in [0, 0.1) is 0 Å². The van der Waals surface area contributed by atoms with Crippen LogP contribution in [0.3, 0.4) is 0 Å². The van der Waals surface area contributed by atoms with Crippen LogP contribution in [0.4, 0.5) is 5.95 Å². The van der Waals surface area contributed by atoms with Gasteiger partial charge in [-0.05, 0) is 29.8 Å². The van der Waals surface area contributed by atoms with E-state index in [2.05, 4.69) is 20.3 Å². The summed E-state index contributed by atoms with van der Waals surface area (Å²) < 4.78 is 5.76. The van der Waals surface area contributed by atoms with E-state index in [0.29, 0.717) is 17.9 Å². The van der Waals surface area contributed by atoms with Gasteiger partial charge in [-0.2, -0.15) is 0 Å². The molecule has 0 radical (unpaired) electrons. The van der Waals surface area contributed by atoms with Crippen molar-refractivity contribution in [1.82, 2.24) is 15.0 Å². The summed E-state index contributed by atoms with van der Waals surface area (Å²) in [7, 11) is 0. The number of carbonyl (C=O) groups excluding carboxylic acids is 1. The van der Waals surface area contributed by atoms with Crippen LogP contribution < -0.4 is 10.1 Å². The Morgan fingerprint density at radius 1 is 1.03 bits per heavy atom. The molecule has 0 fully saturated rings. The minimum absolute atomic E-state index is 0.0453. The van der Waals surface area contributed by atoms with E-state index in [1.807, 2.05) is 30.3 Å². The van der Waals surface area contributed by atoms with Gasteiger partial charge in [0.1, 0.15) is 12.1 Å². The molecule has 2 aromatic carbocycles. The second-order valence-electron chi connectivity index (χ2n) is 6.17. The Morgan fingerprint density at radius 2 is 1.86 bits per heavy atom. The van der Waals surface area contributed by atoms with Crippen LogP contribution in [0.1, 0.15) is 26.4 Å². The average molecular weight is 388 g/mol. The first-order valence-electron chi connectivity index (χ1n) is 8.77. The number of anilines is 1. The minimum Gasteiger partial charge on any atom is -0.486 e. The molecular weight excluding hydrogens is 372 g/mol. The highest BCUT2D eigenvalue weighted by Crippen LogP contribution is 2.21. The van der Waals surface area contributed by atoms with Crippen LogP contribution >= 0.6 is 0 Å². The Kier molecular flexibility index (Phi) is 4.90. The lowest BCUT2D eigenvalue weighted by Gasteiger charge is -2.10. The zero-order valence-electron chi connectivity index (χ0n) is 15.1. The molecule has 0 saturated heterocycles. The Bertz CT molecular complexity index is 1190. The summed E-state index contributed by atoms with van der Waals surface area (Å²) in [6, 6.07) is 17.6. The number of hydrogen-bond acceptors (Lipinski definition) is 5. The lowest BCUT2D eigenvalue weighted by molar-refractivity contribution is 0.0698. The number of nitrogens with zero attached hydrogens (tertiary/aromatic N) is 2. The fourth-order valence-electron chi connectivity index (χ4n) is 2.84. The van der Waals surface area contributed by atoms with Crippen LogP contribution in [0.15, 0.2) is 66.9 Å². The molecule has 8 nitrogen and oxygen atoms in total. The number of para-hydroxylation sites is 1. The molecule has 0 aliphatic rings. The van der Waals surface area contributed by atoms with Crippen molar-refractivity contribution < 1.29 is 19.4 Å². The molecule has 29 heavy (non-hydrogen) atoms. The maximum absolute atomic E-state index is 12.7. The summed E-state index contributed by atoms with van der Waals surface area (Å²) in [5, 5.41) is 11.9. The van der Waals surface area contributed by atoms with Crippen LogP contribution in [0.2, 0.25) is 0 Å². The molecule has 0 atom stereocenters. The van der Waals surface area contributed by atoms with E-state index in [1.165, 1.54) is 12.3 Å². The van der Waals surface area contributed by atoms with Crippen LogP contribution in [-0.4, -0.2) is 31.9 Å². The summed E-state index contributed by atoms with van der Waals surface area (Å²) >= 11 is 0. The van der Waals surface area contributed by atoms with Crippen LogP contribution in [-0.2, 0) is 6.61 Å². The van der Waals surface area contributed by atoms with E-state index in [-0.39, 0.29) is 22.7 Å². The molecule has 2 heterocycles. The lowest BCUT2D eigenvalue weighted by Crippen LogP contribution is -2.16. The van der Waals surface area contributed by atoms with Crippen molar-refractivity contribution in [3.05, 3.63) is 83.7 Å². The number of carbonyl (C=O) groups is 2. The van der Waals surface area contributed by atoms with Gasteiger partial charge in [-0.15, -0.1) is 0 Å². The minimum atomic E-state index is -1.10. The van der Waals surface area contributed by atoms with Gasteiger partial charge in [-0.3, -0.25) is 10.1 Å². The number of aromatic nitrogens is 3. The molecule has 0 saturated carbocycles. The lowest BCUT2D eigenvalue weighted by atomic mass is 10.2. The van der Waals surface area contributed by atoms with Crippen molar-refractivity contribution in [1.29, 1.82) is 0 Å². The third kappa shape index (κ3) is 3.91.